The number of amides is 1. The fraction of sp³-hybridized carbons (Fsp3) is 0.286. The van der Waals surface area contributed by atoms with Crippen LogP contribution >= 0.6 is 0 Å². The van der Waals surface area contributed by atoms with Crippen molar-refractivity contribution in [2.45, 2.75) is 6.04 Å². The number of hydrogen-bond donors (Lipinski definition) is 1. The first-order chi connectivity index (χ1) is 10.2. The van der Waals surface area contributed by atoms with E-state index in [9.17, 15) is 4.79 Å². The largest absolute Gasteiger partial charge is 0.367 e. The minimum Gasteiger partial charge on any atom is -0.367 e. The van der Waals surface area contributed by atoms with E-state index in [-0.39, 0.29) is 11.9 Å². The Morgan fingerprint density at radius 2 is 2.29 bits per heavy atom. The third-order valence-electron chi connectivity index (χ3n) is 3.39. The third-order valence-corrected chi connectivity index (χ3v) is 3.39. The van der Waals surface area contributed by atoms with E-state index in [0.717, 1.165) is 5.69 Å². The van der Waals surface area contributed by atoms with Crippen LogP contribution in [0.3, 0.4) is 0 Å². The molecule has 0 radical (unpaired) electrons. The number of nitriles is 1. The summed E-state index contributed by atoms with van der Waals surface area (Å²) in [5.41, 5.74) is 1.77. The zero-order chi connectivity index (χ0) is 14.8. The molecule has 21 heavy (non-hydrogen) atoms. The topological polar surface area (TPSA) is 86.8 Å². The Bertz CT molecular complexity index is 710. The molecule has 3 rings (SSSR count). The highest BCUT2D eigenvalue weighted by molar-refractivity contribution is 5.92. The smallest absolute Gasteiger partial charge is 0.272 e. The number of carbonyl (C=O) groups excluding carboxylic acids is 1. The van der Waals surface area contributed by atoms with Crippen molar-refractivity contribution in [2.75, 3.05) is 18.0 Å². The molecule has 0 saturated carbocycles. The van der Waals surface area contributed by atoms with Crippen LogP contribution in [0, 0.1) is 11.3 Å². The van der Waals surface area contributed by atoms with Gasteiger partial charge in [-0.1, -0.05) is 0 Å². The van der Waals surface area contributed by atoms with E-state index >= 15 is 0 Å². The van der Waals surface area contributed by atoms with Crippen LogP contribution in [0.2, 0.25) is 0 Å². The van der Waals surface area contributed by atoms with Crippen molar-refractivity contribution >= 4 is 11.6 Å². The van der Waals surface area contributed by atoms with Gasteiger partial charge in [-0.05, 0) is 18.2 Å². The number of carbonyl (C=O) groups is 1. The minimum atomic E-state index is -0.160. The maximum Gasteiger partial charge on any atom is 0.272 e. The summed E-state index contributed by atoms with van der Waals surface area (Å²) in [6.07, 6.45) is 3.36. The van der Waals surface area contributed by atoms with Crippen molar-refractivity contribution in [3.05, 3.63) is 42.0 Å². The molecule has 0 bridgehead atoms. The molecule has 1 fully saturated rings. The molecule has 1 aliphatic heterocycles. The van der Waals surface area contributed by atoms with Gasteiger partial charge in [0.1, 0.15) is 17.5 Å². The summed E-state index contributed by atoms with van der Waals surface area (Å²) in [7, 11) is 1.78. The molecule has 0 aliphatic carbocycles. The molecule has 1 saturated heterocycles. The predicted molar refractivity (Wildman–Crippen MR) is 75.6 cm³/mol. The van der Waals surface area contributed by atoms with Crippen LogP contribution in [-0.2, 0) is 7.05 Å². The molecule has 1 amide bonds. The molecule has 3 heterocycles. The van der Waals surface area contributed by atoms with Gasteiger partial charge in [-0.3, -0.25) is 9.48 Å². The van der Waals surface area contributed by atoms with Gasteiger partial charge in [-0.15, -0.1) is 0 Å². The molecule has 2 aromatic heterocycles. The van der Waals surface area contributed by atoms with Crippen LogP contribution < -0.4 is 10.2 Å². The SMILES string of the molecule is Cn1ccc(C(=O)NC2CN(c3ccnc(C#N)c3)C2)n1. The average Bonchev–Trinajstić information content (AvgIpc) is 2.89. The van der Waals surface area contributed by atoms with E-state index in [1.54, 1.807) is 36.3 Å². The van der Waals surface area contributed by atoms with Crippen molar-refractivity contribution in [3.63, 3.8) is 0 Å². The van der Waals surface area contributed by atoms with Gasteiger partial charge >= 0.3 is 0 Å². The van der Waals surface area contributed by atoms with E-state index in [1.807, 2.05) is 12.1 Å². The van der Waals surface area contributed by atoms with Gasteiger partial charge in [0.15, 0.2) is 0 Å². The first-order valence-electron chi connectivity index (χ1n) is 6.57. The number of aryl methyl sites for hydroxylation is 1. The molecule has 0 aromatic carbocycles. The molecule has 7 nitrogen and oxygen atoms in total. The molecular formula is C14H14N6O. The van der Waals surface area contributed by atoms with Crippen LogP contribution in [-0.4, -0.2) is 39.8 Å². The van der Waals surface area contributed by atoms with Gasteiger partial charge < -0.3 is 10.2 Å². The van der Waals surface area contributed by atoms with E-state index in [1.165, 1.54) is 0 Å². The normalized spacial score (nSPS) is 14.4. The van der Waals surface area contributed by atoms with Gasteiger partial charge in [-0.25, -0.2) is 4.98 Å². The minimum absolute atomic E-state index is 0.0956. The third kappa shape index (κ3) is 2.69. The lowest BCUT2D eigenvalue weighted by molar-refractivity contribution is 0.0924. The lowest BCUT2D eigenvalue weighted by Gasteiger charge is -2.41. The number of rotatable bonds is 3. The van der Waals surface area contributed by atoms with Crippen LogP contribution in [0.15, 0.2) is 30.6 Å². The van der Waals surface area contributed by atoms with Gasteiger partial charge in [-0.2, -0.15) is 10.4 Å². The van der Waals surface area contributed by atoms with Crippen molar-refractivity contribution < 1.29 is 4.79 Å². The van der Waals surface area contributed by atoms with Crippen molar-refractivity contribution in [2.24, 2.45) is 7.05 Å². The summed E-state index contributed by atoms with van der Waals surface area (Å²) in [6.45, 7) is 1.43. The van der Waals surface area contributed by atoms with Crippen LogP contribution in [0.4, 0.5) is 5.69 Å². The van der Waals surface area contributed by atoms with Crippen molar-refractivity contribution in [1.29, 1.82) is 5.26 Å². The molecule has 0 unspecified atom stereocenters. The fourth-order valence-corrected chi connectivity index (χ4v) is 2.25. The Morgan fingerprint density at radius 3 is 2.95 bits per heavy atom. The number of anilines is 1. The van der Waals surface area contributed by atoms with Gasteiger partial charge in [0.25, 0.3) is 5.91 Å². The van der Waals surface area contributed by atoms with E-state index in [4.69, 9.17) is 5.26 Å². The Labute approximate surface area is 121 Å². The second kappa shape index (κ2) is 5.25. The van der Waals surface area contributed by atoms with Crippen LogP contribution in [0.5, 0.6) is 0 Å². The molecule has 2 aromatic rings. The van der Waals surface area contributed by atoms with Gasteiger partial charge in [0.2, 0.25) is 0 Å². The first-order valence-corrected chi connectivity index (χ1v) is 6.57. The first kappa shape index (κ1) is 13.1. The second-order valence-corrected chi connectivity index (χ2v) is 4.96. The quantitative estimate of drug-likeness (QED) is 0.875. The Morgan fingerprint density at radius 1 is 1.48 bits per heavy atom. The van der Waals surface area contributed by atoms with E-state index in [0.29, 0.717) is 24.5 Å². The summed E-state index contributed by atoms with van der Waals surface area (Å²) in [4.78, 5) is 18.0. The number of nitrogens with one attached hydrogen (secondary N) is 1. The van der Waals surface area contributed by atoms with Gasteiger partial charge in [0.05, 0.1) is 6.04 Å². The zero-order valence-corrected chi connectivity index (χ0v) is 11.5. The Hall–Kier alpha value is -2.88. The molecule has 0 spiro atoms. The average molecular weight is 282 g/mol. The highest BCUT2D eigenvalue weighted by Crippen LogP contribution is 2.20. The number of aromatic nitrogens is 3. The number of nitrogens with zero attached hydrogens (tertiary/aromatic N) is 5. The summed E-state index contributed by atoms with van der Waals surface area (Å²) in [5.74, 6) is -0.160. The van der Waals surface area contributed by atoms with Crippen LogP contribution in [0.25, 0.3) is 0 Å². The second-order valence-electron chi connectivity index (χ2n) is 4.96. The summed E-state index contributed by atoms with van der Waals surface area (Å²) >= 11 is 0. The fourth-order valence-electron chi connectivity index (χ4n) is 2.25. The highest BCUT2D eigenvalue weighted by atomic mass is 16.2. The number of hydrogen-bond acceptors (Lipinski definition) is 5. The Balaban J connectivity index is 1.56. The van der Waals surface area contributed by atoms with Crippen LogP contribution in [0.1, 0.15) is 16.2 Å². The monoisotopic (exact) mass is 282 g/mol. The molecule has 1 N–H and O–H groups in total. The van der Waals surface area contributed by atoms with Crippen molar-refractivity contribution in [1.82, 2.24) is 20.1 Å². The lowest BCUT2D eigenvalue weighted by Crippen LogP contribution is -2.59. The van der Waals surface area contributed by atoms with Crippen molar-refractivity contribution in [3.8, 4) is 6.07 Å². The molecular weight excluding hydrogens is 268 g/mol. The van der Waals surface area contributed by atoms with Gasteiger partial charge in [0, 0.05) is 38.2 Å². The zero-order valence-electron chi connectivity index (χ0n) is 11.5. The number of pyridine rings is 1. The molecule has 1 aliphatic rings. The maximum absolute atomic E-state index is 11.9. The summed E-state index contributed by atoms with van der Waals surface area (Å²) < 4.78 is 1.60. The molecule has 7 heteroatoms. The Kier molecular flexibility index (Phi) is 3.28. The standard InChI is InChI=1S/C14H14N6O/c1-19-5-3-13(18-19)14(21)17-11-8-20(9-11)12-2-4-16-10(6-12)7-15/h2-6,11H,8-9H2,1H3,(H,17,21). The summed E-state index contributed by atoms with van der Waals surface area (Å²) in [5, 5.41) is 15.8. The maximum atomic E-state index is 11.9. The lowest BCUT2D eigenvalue weighted by atomic mass is 10.1. The van der Waals surface area contributed by atoms with E-state index in [2.05, 4.69) is 20.3 Å². The summed E-state index contributed by atoms with van der Waals surface area (Å²) in [6, 6.07) is 7.41. The molecule has 106 valence electrons. The molecule has 0 atom stereocenters. The predicted octanol–water partition coefficient (Wildman–Crippen LogP) is 0.305. The highest BCUT2D eigenvalue weighted by Gasteiger charge is 2.29. The van der Waals surface area contributed by atoms with E-state index < -0.39 is 0 Å².